The molecule has 2 rings (SSSR count). The number of hydrogen-bond acceptors (Lipinski definition) is 5. The number of benzene rings is 1. The van der Waals surface area contributed by atoms with Crippen LogP contribution in [0.5, 0.6) is 0 Å². The molecule has 1 atom stereocenters. The third-order valence-electron chi connectivity index (χ3n) is 3.41. The number of nitrogen functional groups attached to an aromatic ring is 1. The Morgan fingerprint density at radius 3 is 2.56 bits per heavy atom. The Bertz CT molecular complexity index is 870. The lowest BCUT2D eigenvalue weighted by Crippen LogP contribution is -2.28. The molecule has 6 nitrogen and oxygen atoms in total. The number of carbonyl (C=O) groups excluding carboxylic acids is 1. The van der Waals surface area contributed by atoms with Crippen LogP contribution in [-0.2, 0) is 4.79 Å². The highest BCUT2D eigenvalue weighted by Gasteiger charge is 2.17. The number of anilines is 1. The number of hydrogen-bond donors (Lipinski definition) is 2. The first-order valence-corrected chi connectivity index (χ1v) is 8.64. The number of aromatic nitrogens is 1. The summed E-state index contributed by atoms with van der Waals surface area (Å²) >= 11 is 7.00. The summed E-state index contributed by atoms with van der Waals surface area (Å²) in [6.45, 7) is 1.87. The maximum Gasteiger partial charge on any atom is 0.289 e. The van der Waals surface area contributed by atoms with E-state index < -0.39 is 0 Å². The van der Waals surface area contributed by atoms with Gasteiger partial charge in [-0.2, -0.15) is 10.5 Å². The zero-order valence-electron chi connectivity index (χ0n) is 13.3. The molecule has 0 aliphatic carbocycles. The third kappa shape index (κ3) is 4.87. The average molecular weight is 373 g/mol. The second kappa shape index (κ2) is 8.39. The molecule has 1 aromatic heterocycles. The minimum absolute atomic E-state index is 0.106. The molecule has 25 heavy (non-hydrogen) atoms. The molecule has 0 spiro atoms. The molecule has 1 aromatic carbocycles. The number of H-pyrrole nitrogens is 1. The highest BCUT2D eigenvalue weighted by molar-refractivity contribution is 7.99. The molecule has 8 heteroatoms. The monoisotopic (exact) mass is 372 g/mol. The summed E-state index contributed by atoms with van der Waals surface area (Å²) in [5.41, 5.74) is 7.13. The lowest BCUT2D eigenvalue weighted by Gasteiger charge is -2.14. The van der Waals surface area contributed by atoms with Crippen molar-refractivity contribution >= 4 is 35.1 Å². The van der Waals surface area contributed by atoms with Crippen LogP contribution in [0.2, 0.25) is 5.02 Å². The predicted octanol–water partition coefficient (Wildman–Crippen LogP) is 2.45. The van der Waals surface area contributed by atoms with E-state index in [1.165, 1.54) is 6.07 Å². The van der Waals surface area contributed by atoms with Crippen LogP contribution in [0.3, 0.4) is 0 Å². The number of amides is 1. The topological polar surface area (TPSA) is 117 Å². The molecule has 0 saturated carbocycles. The van der Waals surface area contributed by atoms with Crippen molar-refractivity contribution in [3.63, 3.8) is 0 Å². The van der Waals surface area contributed by atoms with E-state index in [-0.39, 0.29) is 34.6 Å². The number of thioether (sulfide) groups is 1. The van der Waals surface area contributed by atoms with E-state index in [0.29, 0.717) is 10.0 Å². The van der Waals surface area contributed by atoms with Crippen LogP contribution in [0.25, 0.3) is 0 Å². The van der Waals surface area contributed by atoms with Gasteiger partial charge in [-0.3, -0.25) is 10.5 Å². The number of pyridine rings is 1. The Morgan fingerprint density at radius 2 is 1.96 bits per heavy atom. The van der Waals surface area contributed by atoms with Gasteiger partial charge in [-0.1, -0.05) is 35.5 Å². The number of carbonyl (C=O) groups is 1. The summed E-state index contributed by atoms with van der Waals surface area (Å²) < 4.78 is 0. The van der Waals surface area contributed by atoms with Gasteiger partial charge in [-0.25, -0.2) is 4.98 Å². The molecule has 0 aliphatic rings. The van der Waals surface area contributed by atoms with E-state index >= 15 is 0 Å². The van der Waals surface area contributed by atoms with Crippen LogP contribution in [-0.4, -0.2) is 11.7 Å². The van der Waals surface area contributed by atoms with Gasteiger partial charge in [0.15, 0.2) is 5.03 Å². The van der Waals surface area contributed by atoms with Crippen molar-refractivity contribution in [2.45, 2.75) is 18.0 Å². The highest BCUT2D eigenvalue weighted by atomic mass is 35.5. The molecule has 0 radical (unpaired) electrons. The zero-order chi connectivity index (χ0) is 18.4. The fourth-order valence-electron chi connectivity index (χ4n) is 2.09. The van der Waals surface area contributed by atoms with Gasteiger partial charge in [0.25, 0.3) is 5.82 Å². The molecule has 0 unspecified atom stereocenters. The SMILES string of the molecule is C[C@@H](NC(=O)CSc1[nH+]c(N)c(C#N)cc1C#N)c1ccc(Cl)cc1. The number of nitrogens with two attached hydrogens (primary N) is 1. The Kier molecular flexibility index (Phi) is 6.24. The third-order valence-corrected chi connectivity index (χ3v) is 4.68. The Hall–Kier alpha value is -2.74. The van der Waals surface area contributed by atoms with Crippen molar-refractivity contribution in [2.24, 2.45) is 0 Å². The number of nitrogens with one attached hydrogen (secondary N) is 2. The molecule has 2 aromatic rings. The van der Waals surface area contributed by atoms with Crippen molar-refractivity contribution in [2.75, 3.05) is 11.5 Å². The van der Waals surface area contributed by atoms with Crippen LogP contribution in [0.1, 0.15) is 29.7 Å². The molecule has 0 bridgehead atoms. The van der Waals surface area contributed by atoms with Crippen molar-refractivity contribution in [3.8, 4) is 12.1 Å². The largest absolute Gasteiger partial charge is 0.349 e. The maximum absolute atomic E-state index is 12.1. The van der Waals surface area contributed by atoms with E-state index in [4.69, 9.17) is 27.9 Å². The van der Waals surface area contributed by atoms with Crippen molar-refractivity contribution in [1.29, 1.82) is 10.5 Å². The van der Waals surface area contributed by atoms with Gasteiger partial charge in [-0.15, -0.1) is 0 Å². The lowest BCUT2D eigenvalue weighted by atomic mass is 10.1. The normalized spacial score (nSPS) is 11.2. The molecule has 1 heterocycles. The summed E-state index contributed by atoms with van der Waals surface area (Å²) in [7, 11) is 0. The average Bonchev–Trinajstić information content (AvgIpc) is 2.60. The molecule has 0 saturated heterocycles. The van der Waals surface area contributed by atoms with Gasteiger partial charge in [0.05, 0.1) is 11.8 Å². The van der Waals surface area contributed by atoms with Crippen LogP contribution in [0, 0.1) is 22.7 Å². The summed E-state index contributed by atoms with van der Waals surface area (Å²) in [4.78, 5) is 14.9. The quantitative estimate of drug-likeness (QED) is 0.781. The first kappa shape index (κ1) is 18.6. The van der Waals surface area contributed by atoms with E-state index in [9.17, 15) is 4.79 Å². The van der Waals surface area contributed by atoms with Crippen LogP contribution in [0.4, 0.5) is 5.82 Å². The first-order chi connectivity index (χ1) is 11.9. The summed E-state index contributed by atoms with van der Waals surface area (Å²) in [6.07, 6.45) is 0. The Labute approximate surface area is 154 Å². The summed E-state index contributed by atoms with van der Waals surface area (Å²) in [5.74, 6) is 0.0839. The van der Waals surface area contributed by atoms with Gasteiger partial charge in [-0.05, 0) is 30.7 Å². The number of halogens is 1. The van der Waals surface area contributed by atoms with E-state index in [2.05, 4.69) is 10.3 Å². The molecular formula is C17H15ClN5OS+. The second-order valence-electron chi connectivity index (χ2n) is 5.19. The fraction of sp³-hybridized carbons (Fsp3) is 0.176. The molecule has 4 N–H and O–H groups in total. The van der Waals surface area contributed by atoms with Gasteiger partial charge < -0.3 is 5.32 Å². The van der Waals surface area contributed by atoms with Gasteiger partial charge in [0.2, 0.25) is 5.91 Å². The number of aromatic amines is 1. The minimum atomic E-state index is -0.187. The Balaban J connectivity index is 2.00. The van der Waals surface area contributed by atoms with Crippen molar-refractivity contribution < 1.29 is 9.78 Å². The number of nitriles is 2. The van der Waals surface area contributed by atoms with E-state index in [1.807, 2.05) is 31.2 Å². The van der Waals surface area contributed by atoms with E-state index in [0.717, 1.165) is 17.3 Å². The van der Waals surface area contributed by atoms with Crippen LogP contribution >= 0.6 is 23.4 Å². The molecule has 126 valence electrons. The number of rotatable bonds is 5. The van der Waals surface area contributed by atoms with Gasteiger partial charge >= 0.3 is 0 Å². The maximum atomic E-state index is 12.1. The van der Waals surface area contributed by atoms with Gasteiger partial charge in [0.1, 0.15) is 23.3 Å². The number of nitrogens with zero attached hydrogens (tertiary/aromatic N) is 2. The fourth-order valence-corrected chi connectivity index (χ4v) is 3.02. The lowest BCUT2D eigenvalue weighted by molar-refractivity contribution is -0.410. The first-order valence-electron chi connectivity index (χ1n) is 7.28. The molecule has 0 fully saturated rings. The highest BCUT2D eigenvalue weighted by Crippen LogP contribution is 2.21. The molecule has 1 amide bonds. The van der Waals surface area contributed by atoms with Crippen molar-refractivity contribution in [3.05, 3.63) is 52.0 Å². The zero-order valence-corrected chi connectivity index (χ0v) is 14.9. The predicted molar refractivity (Wildman–Crippen MR) is 95.6 cm³/mol. The van der Waals surface area contributed by atoms with Crippen molar-refractivity contribution in [1.82, 2.24) is 5.32 Å². The van der Waals surface area contributed by atoms with Crippen LogP contribution in [0.15, 0.2) is 35.4 Å². The van der Waals surface area contributed by atoms with Crippen LogP contribution < -0.4 is 16.0 Å². The smallest absolute Gasteiger partial charge is 0.289 e. The minimum Gasteiger partial charge on any atom is -0.349 e. The molecular weight excluding hydrogens is 358 g/mol. The van der Waals surface area contributed by atoms with Gasteiger partial charge in [0, 0.05) is 5.02 Å². The molecule has 0 aliphatic heterocycles. The van der Waals surface area contributed by atoms with E-state index in [1.54, 1.807) is 12.1 Å². The Morgan fingerprint density at radius 1 is 1.32 bits per heavy atom. The second-order valence-corrected chi connectivity index (χ2v) is 6.61. The summed E-state index contributed by atoms with van der Waals surface area (Å²) in [5, 5.41) is 22.1. The summed E-state index contributed by atoms with van der Waals surface area (Å²) in [6, 6.07) is 12.4. The standard InChI is InChI=1S/C17H14ClN5OS/c1-10(11-2-4-14(18)5-3-11)22-15(24)9-25-17-13(8-20)6-12(7-19)16(21)23-17/h2-6,10H,9H2,1H3,(H2,21,23)(H,22,24)/p+1/t10-/m1/s1.